The summed E-state index contributed by atoms with van der Waals surface area (Å²) in [6, 6.07) is 8.86. The van der Waals surface area contributed by atoms with Gasteiger partial charge in [0.05, 0.1) is 29.3 Å². The first-order valence-electron chi connectivity index (χ1n) is 9.46. The number of nitrogens with one attached hydrogen (secondary N) is 1. The van der Waals surface area contributed by atoms with Gasteiger partial charge < -0.3 is 14.5 Å². The summed E-state index contributed by atoms with van der Waals surface area (Å²) in [6.07, 6.45) is 3.32. The maximum absolute atomic E-state index is 12.9. The Bertz CT molecular complexity index is 1260. The van der Waals surface area contributed by atoms with Gasteiger partial charge >= 0.3 is 0 Å². The molecule has 3 heterocycles. The fourth-order valence-corrected chi connectivity index (χ4v) is 3.32. The van der Waals surface area contributed by atoms with Gasteiger partial charge in [-0.15, -0.1) is 0 Å². The van der Waals surface area contributed by atoms with E-state index in [2.05, 4.69) is 33.8 Å². The first-order valence-corrected chi connectivity index (χ1v) is 9.46. The molecule has 3 aromatic heterocycles. The van der Waals surface area contributed by atoms with Crippen molar-refractivity contribution in [1.82, 2.24) is 29.4 Å². The lowest BCUT2D eigenvalue weighted by Crippen LogP contribution is -2.28. The summed E-state index contributed by atoms with van der Waals surface area (Å²) < 4.78 is 1.99. The van der Waals surface area contributed by atoms with Gasteiger partial charge in [0.15, 0.2) is 5.65 Å². The van der Waals surface area contributed by atoms with Crippen molar-refractivity contribution in [3.05, 3.63) is 64.6 Å². The highest BCUT2D eigenvalue weighted by Gasteiger charge is 2.16. The van der Waals surface area contributed by atoms with Crippen LogP contribution in [0.1, 0.15) is 30.0 Å². The topological polar surface area (TPSA) is 96.8 Å². The van der Waals surface area contributed by atoms with Crippen molar-refractivity contribution in [1.29, 1.82) is 0 Å². The van der Waals surface area contributed by atoms with Crippen LogP contribution in [0.25, 0.3) is 22.1 Å². The molecule has 0 spiro atoms. The van der Waals surface area contributed by atoms with E-state index in [1.165, 1.54) is 4.90 Å². The van der Waals surface area contributed by atoms with E-state index in [4.69, 9.17) is 0 Å². The Balaban J connectivity index is 1.57. The number of imidazole rings is 1. The summed E-state index contributed by atoms with van der Waals surface area (Å²) in [5, 5.41) is 0.525. The number of carbonyl (C=O) groups excluding carboxylic acids is 1. The Morgan fingerprint density at radius 3 is 2.79 bits per heavy atom. The van der Waals surface area contributed by atoms with Gasteiger partial charge in [0, 0.05) is 19.8 Å². The maximum atomic E-state index is 12.9. The molecular formula is C21H22N6O2. The molecule has 8 nitrogen and oxygen atoms in total. The van der Waals surface area contributed by atoms with Crippen LogP contribution in [0.2, 0.25) is 0 Å². The second-order valence-electron chi connectivity index (χ2n) is 7.55. The van der Waals surface area contributed by atoms with Crippen molar-refractivity contribution in [3.8, 4) is 0 Å². The van der Waals surface area contributed by atoms with E-state index >= 15 is 0 Å². The smallest absolute Gasteiger partial charge is 0.258 e. The molecular weight excluding hydrogens is 368 g/mol. The Morgan fingerprint density at radius 1 is 1.21 bits per heavy atom. The Hall–Kier alpha value is -3.55. The van der Waals surface area contributed by atoms with E-state index in [0.717, 1.165) is 12.2 Å². The molecule has 0 fully saturated rings. The molecule has 0 radical (unpaired) electrons. The third kappa shape index (κ3) is 3.73. The number of rotatable bonds is 5. The monoisotopic (exact) mass is 390 g/mol. The molecule has 8 heteroatoms. The van der Waals surface area contributed by atoms with Crippen LogP contribution in [0.3, 0.4) is 0 Å². The van der Waals surface area contributed by atoms with Gasteiger partial charge in [-0.1, -0.05) is 26.0 Å². The molecule has 1 amide bonds. The van der Waals surface area contributed by atoms with Crippen LogP contribution in [0.15, 0.2) is 47.7 Å². The second-order valence-corrected chi connectivity index (χ2v) is 7.55. The van der Waals surface area contributed by atoms with Crippen LogP contribution in [0.5, 0.6) is 0 Å². The molecule has 29 heavy (non-hydrogen) atoms. The van der Waals surface area contributed by atoms with Crippen molar-refractivity contribution in [2.75, 3.05) is 7.05 Å². The number of para-hydroxylation sites is 1. The van der Waals surface area contributed by atoms with Crippen LogP contribution in [0.4, 0.5) is 0 Å². The lowest BCUT2D eigenvalue weighted by Gasteiger charge is -2.16. The van der Waals surface area contributed by atoms with Gasteiger partial charge in [-0.2, -0.15) is 0 Å². The van der Waals surface area contributed by atoms with Crippen molar-refractivity contribution in [2.24, 2.45) is 5.92 Å². The van der Waals surface area contributed by atoms with Crippen molar-refractivity contribution >= 4 is 28.0 Å². The predicted molar refractivity (Wildman–Crippen MR) is 111 cm³/mol. The van der Waals surface area contributed by atoms with Gasteiger partial charge in [0.2, 0.25) is 0 Å². The van der Waals surface area contributed by atoms with Crippen LogP contribution >= 0.6 is 0 Å². The number of benzene rings is 1. The standard InChI is InChI=1S/C21H22N6O2/c1-13(2)10-27-12-23-17-8-14(9-22-19(17)27)21(29)26(3)11-18-24-16-7-5-4-6-15(16)20(28)25-18/h4-9,12-13H,10-11H2,1-3H3,(H,24,25,28). The summed E-state index contributed by atoms with van der Waals surface area (Å²) in [6.45, 7) is 5.25. The van der Waals surface area contributed by atoms with Gasteiger partial charge in [-0.3, -0.25) is 9.59 Å². The number of nitrogens with zero attached hydrogens (tertiary/aromatic N) is 5. The molecule has 0 saturated carbocycles. The fraction of sp³-hybridized carbons (Fsp3) is 0.286. The highest BCUT2D eigenvalue weighted by atomic mass is 16.2. The van der Waals surface area contributed by atoms with E-state index in [-0.39, 0.29) is 18.0 Å². The molecule has 0 unspecified atom stereocenters. The summed E-state index contributed by atoms with van der Waals surface area (Å²) >= 11 is 0. The normalized spacial score (nSPS) is 11.4. The molecule has 0 aliphatic heterocycles. The lowest BCUT2D eigenvalue weighted by molar-refractivity contribution is 0.0781. The minimum absolute atomic E-state index is 0.179. The Kier molecular flexibility index (Phi) is 4.84. The quantitative estimate of drug-likeness (QED) is 0.565. The van der Waals surface area contributed by atoms with Crippen molar-refractivity contribution in [3.63, 3.8) is 0 Å². The molecule has 4 aromatic rings. The zero-order chi connectivity index (χ0) is 20.5. The summed E-state index contributed by atoms with van der Waals surface area (Å²) in [5.74, 6) is 0.687. The van der Waals surface area contributed by atoms with E-state index in [9.17, 15) is 9.59 Å². The van der Waals surface area contributed by atoms with E-state index in [0.29, 0.717) is 33.7 Å². The van der Waals surface area contributed by atoms with Gasteiger partial charge in [-0.25, -0.2) is 15.0 Å². The molecule has 148 valence electrons. The van der Waals surface area contributed by atoms with Crippen molar-refractivity contribution < 1.29 is 4.79 Å². The SMILES string of the molecule is CC(C)Cn1cnc2cc(C(=O)N(C)Cc3nc4ccccc4c(=O)[nH]3)cnc21. The van der Waals surface area contributed by atoms with Gasteiger partial charge in [-0.05, 0) is 24.1 Å². The summed E-state index contributed by atoms with van der Waals surface area (Å²) in [7, 11) is 1.67. The van der Waals surface area contributed by atoms with Crippen LogP contribution < -0.4 is 5.56 Å². The third-order valence-electron chi connectivity index (χ3n) is 4.66. The van der Waals surface area contributed by atoms with Gasteiger partial charge in [0.25, 0.3) is 11.5 Å². The molecule has 0 bridgehead atoms. The van der Waals surface area contributed by atoms with Crippen LogP contribution in [0, 0.1) is 5.92 Å². The number of fused-ring (bicyclic) bond motifs is 2. The molecule has 0 aliphatic carbocycles. The molecule has 1 N–H and O–H groups in total. The molecule has 0 aliphatic rings. The first kappa shape index (κ1) is 18.8. The molecule has 0 atom stereocenters. The number of carbonyl (C=O) groups is 1. The minimum Gasteiger partial charge on any atom is -0.334 e. The summed E-state index contributed by atoms with van der Waals surface area (Å²) in [5.41, 5.74) is 2.27. The number of aromatic nitrogens is 5. The average Bonchev–Trinajstić information content (AvgIpc) is 3.09. The van der Waals surface area contributed by atoms with E-state index in [1.807, 2.05) is 10.6 Å². The zero-order valence-electron chi connectivity index (χ0n) is 16.6. The third-order valence-corrected chi connectivity index (χ3v) is 4.66. The van der Waals surface area contributed by atoms with E-state index in [1.54, 1.807) is 43.8 Å². The zero-order valence-corrected chi connectivity index (χ0v) is 16.6. The molecule has 0 saturated heterocycles. The van der Waals surface area contributed by atoms with Crippen LogP contribution in [-0.2, 0) is 13.1 Å². The fourth-order valence-electron chi connectivity index (χ4n) is 3.32. The van der Waals surface area contributed by atoms with Crippen molar-refractivity contribution in [2.45, 2.75) is 26.9 Å². The number of hydrogen-bond acceptors (Lipinski definition) is 5. The maximum Gasteiger partial charge on any atom is 0.258 e. The highest BCUT2D eigenvalue weighted by Crippen LogP contribution is 2.15. The van der Waals surface area contributed by atoms with E-state index < -0.39 is 0 Å². The number of pyridine rings is 1. The Labute approximate surface area is 167 Å². The minimum atomic E-state index is -0.217. The lowest BCUT2D eigenvalue weighted by atomic mass is 10.2. The number of H-pyrrole nitrogens is 1. The van der Waals surface area contributed by atoms with Gasteiger partial charge in [0.1, 0.15) is 11.3 Å². The average molecular weight is 390 g/mol. The summed E-state index contributed by atoms with van der Waals surface area (Å²) in [4.78, 5) is 42.6. The highest BCUT2D eigenvalue weighted by molar-refractivity contribution is 5.96. The number of amides is 1. The first-order chi connectivity index (χ1) is 13.9. The Morgan fingerprint density at radius 2 is 2.00 bits per heavy atom. The molecule has 1 aromatic carbocycles. The number of aromatic amines is 1. The van der Waals surface area contributed by atoms with Crippen LogP contribution in [-0.4, -0.2) is 42.4 Å². The number of hydrogen-bond donors (Lipinski definition) is 1. The largest absolute Gasteiger partial charge is 0.334 e. The second kappa shape index (κ2) is 7.46. The predicted octanol–water partition coefficient (Wildman–Crippen LogP) is 2.60. The molecule has 4 rings (SSSR count).